The zero-order valence-electron chi connectivity index (χ0n) is 18.3. The van der Waals surface area contributed by atoms with Crippen molar-refractivity contribution >= 4 is 23.4 Å². The van der Waals surface area contributed by atoms with E-state index in [-0.39, 0.29) is 11.7 Å². The van der Waals surface area contributed by atoms with Crippen LogP contribution < -0.4 is 14.8 Å². The summed E-state index contributed by atoms with van der Waals surface area (Å²) in [6.07, 6.45) is 0. The van der Waals surface area contributed by atoms with Gasteiger partial charge in [-0.15, -0.1) is 10.2 Å². The summed E-state index contributed by atoms with van der Waals surface area (Å²) < 4.78 is 13.4. The Bertz CT molecular complexity index is 1020. The Kier molecular flexibility index (Phi) is 7.94. The minimum absolute atomic E-state index is 0.129. The highest BCUT2D eigenvalue weighted by atomic mass is 32.2. The first-order chi connectivity index (χ1) is 15.0. The molecule has 3 rings (SSSR count). The molecule has 0 aliphatic heterocycles. The Balaban J connectivity index is 1.60. The third-order valence-corrected chi connectivity index (χ3v) is 5.43. The van der Waals surface area contributed by atoms with Crippen molar-refractivity contribution in [1.82, 2.24) is 14.8 Å². The van der Waals surface area contributed by atoms with Gasteiger partial charge >= 0.3 is 0 Å². The zero-order valence-corrected chi connectivity index (χ0v) is 19.2. The first kappa shape index (κ1) is 22.7. The van der Waals surface area contributed by atoms with Crippen molar-refractivity contribution < 1.29 is 14.3 Å². The third-order valence-electron chi connectivity index (χ3n) is 4.47. The lowest BCUT2D eigenvalue weighted by atomic mass is 10.1. The summed E-state index contributed by atoms with van der Waals surface area (Å²) in [7, 11) is 0. The van der Waals surface area contributed by atoms with E-state index in [1.807, 2.05) is 68.7 Å². The van der Waals surface area contributed by atoms with Gasteiger partial charge in [0.05, 0.1) is 18.0 Å². The number of carbonyl (C=O) groups excluding carboxylic acids is 1. The second-order valence-corrected chi connectivity index (χ2v) is 7.96. The Morgan fingerprint density at radius 2 is 1.81 bits per heavy atom. The average molecular weight is 441 g/mol. The van der Waals surface area contributed by atoms with Gasteiger partial charge < -0.3 is 19.4 Å². The Morgan fingerprint density at radius 1 is 1.06 bits per heavy atom. The van der Waals surface area contributed by atoms with Crippen LogP contribution in [0.1, 0.15) is 30.8 Å². The average Bonchev–Trinajstić information content (AvgIpc) is 3.13. The smallest absolute Gasteiger partial charge is 0.234 e. The fraction of sp³-hybridized carbons (Fsp3) is 0.348. The van der Waals surface area contributed by atoms with Gasteiger partial charge in [0, 0.05) is 6.54 Å². The molecule has 0 aliphatic rings. The van der Waals surface area contributed by atoms with Crippen LogP contribution in [0.25, 0.3) is 0 Å². The van der Waals surface area contributed by atoms with Crippen LogP contribution in [-0.2, 0) is 17.9 Å². The van der Waals surface area contributed by atoms with Gasteiger partial charge in [0.2, 0.25) is 5.91 Å². The number of thioether (sulfide) groups is 1. The summed E-state index contributed by atoms with van der Waals surface area (Å²) in [5.74, 6) is 2.29. The van der Waals surface area contributed by atoms with Gasteiger partial charge in [-0.05, 0) is 63.1 Å². The summed E-state index contributed by atoms with van der Waals surface area (Å²) in [5, 5.41) is 12.1. The van der Waals surface area contributed by atoms with E-state index in [0.717, 1.165) is 22.7 Å². The molecule has 0 unspecified atom stereocenters. The lowest BCUT2D eigenvalue weighted by molar-refractivity contribution is -0.113. The molecule has 0 saturated heterocycles. The van der Waals surface area contributed by atoms with Crippen molar-refractivity contribution in [3.63, 3.8) is 0 Å². The second kappa shape index (κ2) is 10.9. The van der Waals surface area contributed by atoms with Gasteiger partial charge in [-0.3, -0.25) is 4.79 Å². The fourth-order valence-electron chi connectivity index (χ4n) is 3.18. The monoisotopic (exact) mass is 440 g/mol. The number of nitrogens with zero attached hydrogens (tertiary/aromatic N) is 3. The molecule has 1 N–H and O–H groups in total. The maximum Gasteiger partial charge on any atom is 0.234 e. The summed E-state index contributed by atoms with van der Waals surface area (Å²) in [4.78, 5) is 12.5. The van der Waals surface area contributed by atoms with Crippen LogP contribution in [0.15, 0.2) is 47.6 Å². The highest BCUT2D eigenvalue weighted by Gasteiger charge is 2.15. The number of amides is 1. The maximum absolute atomic E-state index is 12.5. The molecule has 3 aromatic rings. The second-order valence-electron chi connectivity index (χ2n) is 7.02. The highest BCUT2D eigenvalue weighted by molar-refractivity contribution is 7.99. The SMILES string of the molecule is CCOc1ccccc1NC(=O)CSc1nnc(COc2cc(C)cc(C)c2)n1CC. The normalized spacial score (nSPS) is 10.7. The van der Waals surface area contributed by atoms with Gasteiger partial charge in [0.15, 0.2) is 11.0 Å². The molecule has 0 spiro atoms. The van der Waals surface area contributed by atoms with Crippen LogP contribution in [0, 0.1) is 13.8 Å². The summed E-state index contributed by atoms with van der Waals surface area (Å²) >= 11 is 1.35. The van der Waals surface area contributed by atoms with Crippen LogP contribution >= 0.6 is 11.8 Å². The molecule has 1 amide bonds. The predicted octanol–water partition coefficient (Wildman–Crippen LogP) is 4.62. The molecule has 1 aromatic heterocycles. The summed E-state index contributed by atoms with van der Waals surface area (Å²) in [6.45, 7) is 9.56. The number of anilines is 1. The molecule has 2 aromatic carbocycles. The van der Waals surface area contributed by atoms with Gasteiger partial charge in [0.1, 0.15) is 18.1 Å². The molecular formula is C23H28N4O3S. The topological polar surface area (TPSA) is 78.3 Å². The summed E-state index contributed by atoms with van der Waals surface area (Å²) in [5.41, 5.74) is 2.97. The molecule has 1 heterocycles. The van der Waals surface area contributed by atoms with E-state index in [0.29, 0.717) is 36.4 Å². The van der Waals surface area contributed by atoms with E-state index in [9.17, 15) is 4.79 Å². The van der Waals surface area contributed by atoms with E-state index < -0.39 is 0 Å². The van der Waals surface area contributed by atoms with E-state index >= 15 is 0 Å². The van der Waals surface area contributed by atoms with E-state index in [1.165, 1.54) is 11.8 Å². The minimum Gasteiger partial charge on any atom is -0.492 e. The first-order valence-electron chi connectivity index (χ1n) is 10.3. The van der Waals surface area contributed by atoms with Crippen molar-refractivity contribution in [2.45, 2.75) is 46.0 Å². The number of ether oxygens (including phenoxy) is 2. The highest BCUT2D eigenvalue weighted by Crippen LogP contribution is 2.25. The van der Waals surface area contributed by atoms with Crippen molar-refractivity contribution in [2.24, 2.45) is 0 Å². The third kappa shape index (κ3) is 6.24. The van der Waals surface area contributed by atoms with Crippen LogP contribution in [0.5, 0.6) is 11.5 Å². The molecule has 0 aliphatic carbocycles. The number of rotatable bonds is 10. The van der Waals surface area contributed by atoms with Gasteiger partial charge in [-0.2, -0.15) is 0 Å². The van der Waals surface area contributed by atoms with Gasteiger partial charge in [0.25, 0.3) is 0 Å². The van der Waals surface area contributed by atoms with Gasteiger partial charge in [-0.1, -0.05) is 30.0 Å². The van der Waals surface area contributed by atoms with Crippen molar-refractivity contribution in [3.8, 4) is 11.5 Å². The summed E-state index contributed by atoms with van der Waals surface area (Å²) in [6, 6.07) is 13.5. The fourth-order valence-corrected chi connectivity index (χ4v) is 4.00. The number of benzene rings is 2. The molecule has 0 saturated carbocycles. The minimum atomic E-state index is -0.129. The molecule has 8 heteroatoms. The molecule has 0 atom stereocenters. The standard InChI is InChI=1S/C23H28N4O3S/c1-5-27-21(14-30-18-12-16(3)11-17(4)13-18)25-26-23(27)31-15-22(28)24-19-9-7-8-10-20(19)29-6-2/h7-13H,5-6,14-15H2,1-4H3,(H,24,28). The number of para-hydroxylation sites is 2. The number of nitrogens with one attached hydrogen (secondary N) is 1. The van der Waals surface area contributed by atoms with E-state index in [4.69, 9.17) is 9.47 Å². The lowest BCUT2D eigenvalue weighted by Gasteiger charge is -2.11. The molecule has 0 radical (unpaired) electrons. The Morgan fingerprint density at radius 3 is 2.52 bits per heavy atom. The van der Waals surface area contributed by atoms with Crippen LogP contribution in [0.2, 0.25) is 0 Å². The number of aromatic nitrogens is 3. The predicted molar refractivity (Wildman–Crippen MR) is 123 cm³/mol. The molecular weight excluding hydrogens is 412 g/mol. The Labute approximate surface area is 187 Å². The van der Waals surface area contributed by atoms with Crippen molar-refractivity contribution in [1.29, 1.82) is 0 Å². The number of hydrogen-bond acceptors (Lipinski definition) is 6. The number of carbonyl (C=O) groups is 1. The largest absolute Gasteiger partial charge is 0.492 e. The quantitative estimate of drug-likeness (QED) is 0.464. The molecule has 164 valence electrons. The van der Waals surface area contributed by atoms with E-state index in [1.54, 1.807) is 0 Å². The zero-order chi connectivity index (χ0) is 22.2. The van der Waals surface area contributed by atoms with Crippen molar-refractivity contribution in [3.05, 3.63) is 59.4 Å². The molecule has 0 bridgehead atoms. The van der Waals surface area contributed by atoms with E-state index in [2.05, 4.69) is 21.6 Å². The number of aryl methyl sites for hydroxylation is 2. The molecule has 7 nitrogen and oxygen atoms in total. The molecule has 31 heavy (non-hydrogen) atoms. The van der Waals surface area contributed by atoms with Crippen molar-refractivity contribution in [2.75, 3.05) is 17.7 Å². The van der Waals surface area contributed by atoms with Crippen LogP contribution in [0.4, 0.5) is 5.69 Å². The van der Waals surface area contributed by atoms with Gasteiger partial charge in [-0.25, -0.2) is 0 Å². The first-order valence-corrected chi connectivity index (χ1v) is 11.3. The maximum atomic E-state index is 12.5. The van der Waals surface area contributed by atoms with Crippen LogP contribution in [-0.4, -0.2) is 33.0 Å². The molecule has 0 fully saturated rings. The Hall–Kier alpha value is -3.00. The van der Waals surface area contributed by atoms with Crippen LogP contribution in [0.3, 0.4) is 0 Å². The number of hydrogen-bond donors (Lipinski definition) is 1. The lowest BCUT2D eigenvalue weighted by Crippen LogP contribution is -2.15.